The Hall–Kier alpha value is -3.82. The van der Waals surface area contributed by atoms with Crippen molar-refractivity contribution in [2.24, 2.45) is 10.7 Å². The number of aliphatic hydroxyl groups is 1. The van der Waals surface area contributed by atoms with E-state index in [9.17, 15) is 14.7 Å². The van der Waals surface area contributed by atoms with Crippen LogP contribution in [0.25, 0.3) is 5.70 Å². The third-order valence-corrected chi connectivity index (χ3v) is 7.23. The van der Waals surface area contributed by atoms with Crippen LogP contribution in [0.15, 0.2) is 65.3 Å². The van der Waals surface area contributed by atoms with Crippen LogP contribution in [0.2, 0.25) is 0 Å². The van der Waals surface area contributed by atoms with E-state index in [4.69, 9.17) is 11.1 Å². The first-order valence-electron chi connectivity index (χ1n) is 13.0. The lowest BCUT2D eigenvalue weighted by atomic mass is 9.90. The number of nitrogens with one attached hydrogen (secondary N) is 2. The van der Waals surface area contributed by atoms with Gasteiger partial charge in [-0.3, -0.25) is 19.9 Å². The van der Waals surface area contributed by atoms with E-state index >= 15 is 0 Å². The van der Waals surface area contributed by atoms with Gasteiger partial charge in [-0.2, -0.15) is 0 Å². The Morgan fingerprint density at radius 3 is 2.42 bits per heavy atom. The molecule has 0 aliphatic carbocycles. The van der Waals surface area contributed by atoms with E-state index in [1.807, 2.05) is 61.5 Å². The number of rotatable bonds is 8. The smallest absolute Gasteiger partial charge is 0.279 e. The van der Waals surface area contributed by atoms with Crippen LogP contribution in [-0.2, 0) is 16.0 Å². The average Bonchev–Trinajstić information content (AvgIpc) is 2.93. The monoisotopic (exact) mass is 516 g/mol. The highest BCUT2D eigenvalue weighted by Crippen LogP contribution is 2.27. The highest BCUT2D eigenvalue weighted by atomic mass is 16.3. The van der Waals surface area contributed by atoms with Gasteiger partial charge in [0.2, 0.25) is 5.91 Å². The van der Waals surface area contributed by atoms with Crippen LogP contribution in [-0.4, -0.2) is 71.1 Å². The summed E-state index contributed by atoms with van der Waals surface area (Å²) in [5, 5.41) is 22.8. The number of β-amino-alcohol motifs (C(OH)–C–C–N with tert-alkyl or cyclic N) is 1. The molecule has 2 aliphatic heterocycles. The van der Waals surface area contributed by atoms with Gasteiger partial charge >= 0.3 is 0 Å². The lowest BCUT2D eigenvalue weighted by Gasteiger charge is -2.40. The van der Waals surface area contributed by atoms with Gasteiger partial charge in [-0.15, -0.1) is 0 Å². The summed E-state index contributed by atoms with van der Waals surface area (Å²) in [5.41, 5.74) is 8.25. The van der Waals surface area contributed by atoms with Crippen molar-refractivity contribution in [2.75, 3.05) is 26.7 Å². The molecule has 0 radical (unpaired) electrons. The van der Waals surface area contributed by atoms with Gasteiger partial charge in [-0.05, 0) is 42.9 Å². The van der Waals surface area contributed by atoms with Gasteiger partial charge in [-0.1, -0.05) is 54.6 Å². The second-order valence-corrected chi connectivity index (χ2v) is 10.0. The number of benzene rings is 2. The van der Waals surface area contributed by atoms with Crippen LogP contribution in [0.4, 0.5) is 0 Å². The van der Waals surface area contributed by atoms with Crippen LogP contribution >= 0.6 is 0 Å². The Labute approximate surface area is 223 Å². The summed E-state index contributed by atoms with van der Waals surface area (Å²) < 4.78 is 0. The van der Waals surface area contributed by atoms with Gasteiger partial charge in [0, 0.05) is 32.6 Å². The molecular formula is C29H36N6O3. The van der Waals surface area contributed by atoms with Crippen molar-refractivity contribution in [3.8, 4) is 0 Å². The van der Waals surface area contributed by atoms with Gasteiger partial charge in [0.05, 0.1) is 24.2 Å². The minimum absolute atomic E-state index is 0.0228. The van der Waals surface area contributed by atoms with Crippen molar-refractivity contribution >= 4 is 29.6 Å². The molecule has 2 heterocycles. The number of nitrogens with zero attached hydrogens (tertiary/aromatic N) is 3. The average molecular weight is 517 g/mol. The number of hydrogen-bond donors (Lipinski definition) is 4. The highest BCUT2D eigenvalue weighted by Gasteiger charge is 2.38. The molecule has 0 spiro atoms. The third-order valence-electron chi connectivity index (χ3n) is 7.23. The fourth-order valence-corrected chi connectivity index (χ4v) is 4.85. The molecule has 2 aromatic rings. The predicted molar refractivity (Wildman–Crippen MR) is 148 cm³/mol. The summed E-state index contributed by atoms with van der Waals surface area (Å²) in [6.07, 6.45) is 3.20. The standard InChI is InChI=1S/C29H36N6O3/c1-20(30)22-9-11-23(12-10-22)26(32-2)27-25(31)28(37)35(19-33-27)18-29(38)14-16-34(17-15-29)24(36)13-8-21-6-4-3-5-7-21/h3-7,9-12,19-20,31-32,38H,8,13-18,30H2,1-2H3/b27-26+,31-25?. The molecule has 2 aliphatic rings. The molecule has 0 bridgehead atoms. The van der Waals surface area contributed by atoms with Gasteiger partial charge in [-0.25, -0.2) is 4.99 Å². The van der Waals surface area contributed by atoms with Crippen molar-refractivity contribution in [3.63, 3.8) is 0 Å². The van der Waals surface area contributed by atoms with Crippen molar-refractivity contribution in [1.29, 1.82) is 5.41 Å². The molecule has 9 heteroatoms. The molecule has 38 heavy (non-hydrogen) atoms. The zero-order valence-corrected chi connectivity index (χ0v) is 22.0. The van der Waals surface area contributed by atoms with Crippen LogP contribution in [0.1, 0.15) is 48.9 Å². The van der Waals surface area contributed by atoms with Crippen molar-refractivity contribution in [1.82, 2.24) is 15.1 Å². The summed E-state index contributed by atoms with van der Waals surface area (Å²) in [4.78, 5) is 33.3. The van der Waals surface area contributed by atoms with Crippen LogP contribution in [0, 0.1) is 5.41 Å². The number of hydrogen-bond acceptors (Lipinski definition) is 7. The lowest BCUT2D eigenvalue weighted by Crippen LogP contribution is -2.54. The van der Waals surface area contributed by atoms with E-state index in [0.717, 1.165) is 16.7 Å². The maximum Gasteiger partial charge on any atom is 0.279 e. The zero-order chi connectivity index (χ0) is 27.3. The Morgan fingerprint density at radius 1 is 1.16 bits per heavy atom. The summed E-state index contributed by atoms with van der Waals surface area (Å²) in [5.74, 6) is -0.457. The number of carbonyl (C=O) groups excluding carboxylic acids is 2. The van der Waals surface area contributed by atoms with Crippen molar-refractivity contribution in [2.45, 2.75) is 44.2 Å². The van der Waals surface area contributed by atoms with Gasteiger partial charge in [0.1, 0.15) is 11.4 Å². The number of piperidine rings is 1. The first kappa shape index (κ1) is 27.2. The molecule has 0 saturated carbocycles. The van der Waals surface area contributed by atoms with Crippen molar-refractivity contribution in [3.05, 3.63) is 77.0 Å². The molecule has 0 aromatic heterocycles. The molecule has 4 rings (SSSR count). The molecule has 9 nitrogen and oxygen atoms in total. The SMILES string of the molecule is CN/C(=C1/N=CN(CC2(O)CCN(C(=O)CCc3ccccc3)CC2)C(=O)C1=N)c1ccc(C(C)N)cc1. The summed E-state index contributed by atoms with van der Waals surface area (Å²) in [6.45, 7) is 2.78. The van der Waals surface area contributed by atoms with Gasteiger partial charge in [0.25, 0.3) is 5.91 Å². The Kier molecular flexibility index (Phi) is 8.38. The van der Waals surface area contributed by atoms with E-state index in [0.29, 0.717) is 44.5 Å². The first-order valence-corrected chi connectivity index (χ1v) is 13.0. The zero-order valence-electron chi connectivity index (χ0n) is 22.0. The van der Waals surface area contributed by atoms with Crippen LogP contribution in [0.3, 0.4) is 0 Å². The fraction of sp³-hybridized carbons (Fsp3) is 0.379. The molecule has 5 N–H and O–H groups in total. The van der Waals surface area contributed by atoms with E-state index in [2.05, 4.69) is 10.3 Å². The Morgan fingerprint density at radius 2 is 1.82 bits per heavy atom. The maximum atomic E-state index is 13.1. The lowest BCUT2D eigenvalue weighted by molar-refractivity contribution is -0.137. The largest absolute Gasteiger partial charge is 0.388 e. The second-order valence-electron chi connectivity index (χ2n) is 10.0. The molecule has 200 valence electrons. The molecule has 1 unspecified atom stereocenters. The third kappa shape index (κ3) is 6.17. The van der Waals surface area contributed by atoms with E-state index < -0.39 is 11.5 Å². The number of amides is 2. The van der Waals surface area contributed by atoms with Gasteiger partial charge < -0.3 is 21.1 Å². The predicted octanol–water partition coefficient (Wildman–Crippen LogP) is 2.47. The number of aliphatic imine (C=N–C) groups is 1. The van der Waals surface area contributed by atoms with Gasteiger partial charge in [0.15, 0.2) is 0 Å². The molecular weight excluding hydrogens is 480 g/mol. The summed E-state index contributed by atoms with van der Waals surface area (Å²) >= 11 is 0. The minimum atomic E-state index is -1.15. The molecule has 1 saturated heterocycles. The molecule has 1 atom stereocenters. The first-order chi connectivity index (χ1) is 18.2. The fourth-order valence-electron chi connectivity index (χ4n) is 4.85. The molecule has 2 aromatic carbocycles. The Balaban J connectivity index is 1.38. The highest BCUT2D eigenvalue weighted by molar-refractivity contribution is 6.47. The summed E-state index contributed by atoms with van der Waals surface area (Å²) in [7, 11) is 1.72. The van der Waals surface area contributed by atoms with E-state index in [1.54, 1.807) is 11.9 Å². The number of likely N-dealkylation sites (tertiary alicyclic amines) is 1. The van der Waals surface area contributed by atoms with Crippen LogP contribution in [0.5, 0.6) is 0 Å². The van der Waals surface area contributed by atoms with E-state index in [1.165, 1.54) is 11.2 Å². The number of carbonyl (C=O) groups is 2. The topological polar surface area (TPSA) is 135 Å². The quantitative estimate of drug-likeness (QED) is 0.428. The second kappa shape index (κ2) is 11.7. The van der Waals surface area contributed by atoms with E-state index in [-0.39, 0.29) is 29.9 Å². The minimum Gasteiger partial charge on any atom is -0.388 e. The maximum absolute atomic E-state index is 13.1. The molecule has 2 amide bonds. The van der Waals surface area contributed by atoms with Crippen molar-refractivity contribution < 1.29 is 14.7 Å². The Bertz CT molecular complexity index is 1230. The summed E-state index contributed by atoms with van der Waals surface area (Å²) in [6, 6.07) is 17.4. The number of nitrogens with two attached hydrogens (primary N) is 1. The molecule has 1 fully saturated rings. The van der Waals surface area contributed by atoms with Crippen LogP contribution < -0.4 is 11.1 Å². The normalized spacial score (nSPS) is 19.4. The number of aryl methyl sites for hydroxylation is 1.